The molecular weight excluding hydrogens is 236 g/mol. The van der Waals surface area contributed by atoms with Crippen molar-refractivity contribution >= 4 is 17.4 Å². The van der Waals surface area contributed by atoms with Gasteiger partial charge in [0.05, 0.1) is 11.7 Å². The lowest BCUT2D eigenvalue weighted by Gasteiger charge is -2.13. The Morgan fingerprint density at radius 2 is 2.00 bits per heavy atom. The molecule has 0 aliphatic heterocycles. The van der Waals surface area contributed by atoms with E-state index in [0.717, 1.165) is 12.8 Å². The van der Waals surface area contributed by atoms with Gasteiger partial charge in [-0.25, -0.2) is 0 Å². The van der Waals surface area contributed by atoms with Crippen molar-refractivity contribution in [3.63, 3.8) is 0 Å². The van der Waals surface area contributed by atoms with Crippen LogP contribution in [0.2, 0.25) is 0 Å². The van der Waals surface area contributed by atoms with Crippen LogP contribution in [-0.2, 0) is 0 Å². The lowest BCUT2D eigenvalue weighted by molar-refractivity contribution is 0.0974. The summed E-state index contributed by atoms with van der Waals surface area (Å²) in [7, 11) is 0. The van der Waals surface area contributed by atoms with Crippen LogP contribution in [0.3, 0.4) is 0 Å². The molecule has 0 aliphatic rings. The van der Waals surface area contributed by atoms with Crippen molar-refractivity contribution in [2.75, 3.05) is 5.88 Å². The molecular formula is C14H19ClO2. The average molecular weight is 255 g/mol. The number of ether oxygens (including phenoxy) is 1. The van der Waals surface area contributed by atoms with Crippen LogP contribution in [0.25, 0.3) is 0 Å². The van der Waals surface area contributed by atoms with Crippen molar-refractivity contribution in [1.82, 2.24) is 0 Å². The van der Waals surface area contributed by atoms with Gasteiger partial charge in [0, 0.05) is 12.3 Å². The number of hydrogen-bond donors (Lipinski definition) is 0. The van der Waals surface area contributed by atoms with Crippen molar-refractivity contribution in [1.29, 1.82) is 0 Å². The number of carbonyl (C=O) groups excluding carboxylic acids is 1. The molecule has 0 N–H and O–H groups in total. The largest absolute Gasteiger partial charge is 0.490 e. The molecule has 1 aromatic carbocycles. The Labute approximate surface area is 108 Å². The Morgan fingerprint density at radius 3 is 2.65 bits per heavy atom. The van der Waals surface area contributed by atoms with E-state index in [1.165, 1.54) is 0 Å². The molecule has 0 spiro atoms. The Kier molecular flexibility index (Phi) is 6.06. The third-order valence-electron chi connectivity index (χ3n) is 2.34. The lowest BCUT2D eigenvalue weighted by atomic mass is 10.0. The number of ketones is 1. The van der Waals surface area contributed by atoms with E-state index in [4.69, 9.17) is 16.3 Å². The molecule has 0 saturated carbocycles. The van der Waals surface area contributed by atoms with Gasteiger partial charge in [-0.3, -0.25) is 4.79 Å². The average Bonchev–Trinajstić information content (AvgIpc) is 2.29. The van der Waals surface area contributed by atoms with Crippen LogP contribution in [0.4, 0.5) is 0 Å². The molecule has 0 heterocycles. The predicted octanol–water partition coefficient (Wildman–Crippen LogP) is 4.07. The van der Waals surface area contributed by atoms with Gasteiger partial charge in [0.25, 0.3) is 0 Å². The van der Waals surface area contributed by atoms with E-state index in [2.05, 4.69) is 0 Å². The predicted molar refractivity (Wildman–Crippen MR) is 71.1 cm³/mol. The van der Waals surface area contributed by atoms with Crippen LogP contribution in [-0.4, -0.2) is 17.8 Å². The Balaban J connectivity index is 2.71. The summed E-state index contributed by atoms with van der Waals surface area (Å²) < 4.78 is 5.63. The second-order valence-electron chi connectivity index (χ2n) is 4.23. The van der Waals surface area contributed by atoms with E-state index in [-0.39, 0.29) is 11.9 Å². The van der Waals surface area contributed by atoms with Crippen LogP contribution in [0.15, 0.2) is 24.3 Å². The van der Waals surface area contributed by atoms with Crippen molar-refractivity contribution in [2.24, 2.45) is 0 Å². The van der Waals surface area contributed by atoms with Gasteiger partial charge in [-0.15, -0.1) is 11.6 Å². The van der Waals surface area contributed by atoms with E-state index in [9.17, 15) is 4.79 Å². The number of halogens is 1. The molecule has 0 aromatic heterocycles. The van der Waals surface area contributed by atoms with Gasteiger partial charge in [-0.2, -0.15) is 0 Å². The first-order valence-electron chi connectivity index (χ1n) is 6.00. The smallest absolute Gasteiger partial charge is 0.166 e. The molecule has 0 bridgehead atoms. The van der Waals surface area contributed by atoms with Crippen LogP contribution in [0, 0.1) is 0 Å². The molecule has 17 heavy (non-hydrogen) atoms. The lowest BCUT2D eigenvalue weighted by Crippen LogP contribution is -2.10. The fourth-order valence-electron chi connectivity index (χ4n) is 1.57. The zero-order valence-electron chi connectivity index (χ0n) is 10.4. The number of Topliss-reactive ketones (excluding diaryl/α,β-unsaturated/α-hetero) is 1. The standard InChI is InChI=1S/C14H19ClO2/c1-11(2)17-14-9-4-3-7-12(14)13(16)8-5-6-10-15/h3-4,7,9,11H,5-6,8,10H2,1-2H3. The fraction of sp³-hybridized carbons (Fsp3) is 0.500. The molecule has 0 unspecified atom stereocenters. The number of hydrogen-bond acceptors (Lipinski definition) is 2. The van der Waals surface area contributed by atoms with E-state index in [0.29, 0.717) is 23.6 Å². The third kappa shape index (κ3) is 4.78. The minimum Gasteiger partial charge on any atom is -0.490 e. The van der Waals surface area contributed by atoms with Crippen molar-refractivity contribution in [3.8, 4) is 5.75 Å². The van der Waals surface area contributed by atoms with Crippen LogP contribution in [0.1, 0.15) is 43.5 Å². The fourth-order valence-corrected chi connectivity index (χ4v) is 1.76. The first-order valence-corrected chi connectivity index (χ1v) is 6.53. The number of unbranched alkanes of at least 4 members (excludes halogenated alkanes) is 1. The Hall–Kier alpha value is -1.02. The summed E-state index contributed by atoms with van der Waals surface area (Å²) in [5.41, 5.74) is 0.677. The number of alkyl halides is 1. The number of benzene rings is 1. The van der Waals surface area contributed by atoms with E-state index >= 15 is 0 Å². The van der Waals surface area contributed by atoms with E-state index in [1.807, 2.05) is 38.1 Å². The zero-order chi connectivity index (χ0) is 12.7. The monoisotopic (exact) mass is 254 g/mol. The first kappa shape index (κ1) is 14.0. The Bertz CT molecular complexity index is 361. The summed E-state index contributed by atoms with van der Waals surface area (Å²) >= 11 is 5.60. The van der Waals surface area contributed by atoms with Gasteiger partial charge in [0.1, 0.15) is 5.75 Å². The van der Waals surface area contributed by atoms with Gasteiger partial charge < -0.3 is 4.74 Å². The number of carbonyl (C=O) groups is 1. The molecule has 1 rings (SSSR count). The second-order valence-corrected chi connectivity index (χ2v) is 4.61. The molecule has 94 valence electrons. The number of rotatable bonds is 7. The van der Waals surface area contributed by atoms with Crippen molar-refractivity contribution < 1.29 is 9.53 Å². The van der Waals surface area contributed by atoms with Crippen molar-refractivity contribution in [2.45, 2.75) is 39.2 Å². The van der Waals surface area contributed by atoms with Gasteiger partial charge in [0.15, 0.2) is 5.78 Å². The summed E-state index contributed by atoms with van der Waals surface area (Å²) in [6, 6.07) is 7.41. The molecule has 0 saturated heterocycles. The highest BCUT2D eigenvalue weighted by Crippen LogP contribution is 2.21. The molecule has 0 atom stereocenters. The highest BCUT2D eigenvalue weighted by Gasteiger charge is 2.12. The zero-order valence-corrected chi connectivity index (χ0v) is 11.2. The number of para-hydroxylation sites is 1. The molecule has 2 nitrogen and oxygen atoms in total. The van der Waals surface area contributed by atoms with Crippen molar-refractivity contribution in [3.05, 3.63) is 29.8 Å². The van der Waals surface area contributed by atoms with Gasteiger partial charge in [-0.05, 0) is 38.8 Å². The quantitative estimate of drug-likeness (QED) is 0.417. The molecule has 3 heteroatoms. The van der Waals surface area contributed by atoms with Gasteiger partial charge >= 0.3 is 0 Å². The summed E-state index contributed by atoms with van der Waals surface area (Å²) in [6.45, 7) is 3.91. The molecule has 0 radical (unpaired) electrons. The maximum Gasteiger partial charge on any atom is 0.166 e. The molecule has 0 aliphatic carbocycles. The molecule has 0 fully saturated rings. The maximum absolute atomic E-state index is 12.0. The SMILES string of the molecule is CC(C)Oc1ccccc1C(=O)CCCCCl. The van der Waals surface area contributed by atoms with Crippen LogP contribution in [0.5, 0.6) is 5.75 Å². The minimum atomic E-state index is 0.0757. The normalized spacial score (nSPS) is 10.6. The maximum atomic E-state index is 12.0. The van der Waals surface area contributed by atoms with Gasteiger partial charge in [-0.1, -0.05) is 12.1 Å². The summed E-state index contributed by atoms with van der Waals surface area (Å²) in [5.74, 6) is 1.42. The Morgan fingerprint density at radius 1 is 1.29 bits per heavy atom. The highest BCUT2D eigenvalue weighted by molar-refractivity contribution is 6.17. The van der Waals surface area contributed by atoms with Crippen LogP contribution >= 0.6 is 11.6 Å². The van der Waals surface area contributed by atoms with E-state index < -0.39 is 0 Å². The summed E-state index contributed by atoms with van der Waals surface area (Å²) in [4.78, 5) is 12.0. The first-order chi connectivity index (χ1) is 8.15. The van der Waals surface area contributed by atoms with E-state index in [1.54, 1.807) is 0 Å². The van der Waals surface area contributed by atoms with Gasteiger partial charge in [0.2, 0.25) is 0 Å². The molecule has 0 amide bonds. The summed E-state index contributed by atoms with van der Waals surface area (Å²) in [5, 5.41) is 0. The summed E-state index contributed by atoms with van der Waals surface area (Å²) in [6.07, 6.45) is 2.32. The van der Waals surface area contributed by atoms with Crippen LogP contribution < -0.4 is 4.74 Å². The minimum absolute atomic E-state index is 0.0757. The topological polar surface area (TPSA) is 26.3 Å². The second kappa shape index (κ2) is 7.33. The molecule has 1 aromatic rings. The third-order valence-corrected chi connectivity index (χ3v) is 2.60. The highest BCUT2D eigenvalue weighted by atomic mass is 35.5.